The SMILES string of the molecule is CCC1=C(O)C(=O)C(C)(C)C1C. The smallest absolute Gasteiger partial charge is 0.203 e. The maximum atomic E-state index is 11.5. The highest BCUT2D eigenvalue weighted by molar-refractivity contribution is 6.01. The topological polar surface area (TPSA) is 37.3 Å². The molecular formula is C10H16O2. The van der Waals surface area contributed by atoms with E-state index in [0.29, 0.717) is 0 Å². The quantitative estimate of drug-likeness (QED) is 0.653. The van der Waals surface area contributed by atoms with Gasteiger partial charge in [-0.15, -0.1) is 0 Å². The lowest BCUT2D eigenvalue weighted by Crippen LogP contribution is -2.26. The van der Waals surface area contributed by atoms with Crippen molar-refractivity contribution in [3.05, 3.63) is 11.3 Å². The molecular weight excluding hydrogens is 152 g/mol. The largest absolute Gasteiger partial charge is 0.504 e. The van der Waals surface area contributed by atoms with E-state index < -0.39 is 5.41 Å². The van der Waals surface area contributed by atoms with Crippen LogP contribution >= 0.6 is 0 Å². The number of hydrogen-bond acceptors (Lipinski definition) is 2. The Kier molecular flexibility index (Phi) is 2.02. The predicted molar refractivity (Wildman–Crippen MR) is 47.9 cm³/mol. The zero-order chi connectivity index (χ0) is 9.52. The molecule has 0 spiro atoms. The van der Waals surface area contributed by atoms with Crippen LogP contribution in [0.4, 0.5) is 0 Å². The number of ketones is 1. The first kappa shape index (κ1) is 9.30. The van der Waals surface area contributed by atoms with Crippen molar-refractivity contribution < 1.29 is 9.90 Å². The van der Waals surface area contributed by atoms with Gasteiger partial charge in [0.2, 0.25) is 5.78 Å². The summed E-state index contributed by atoms with van der Waals surface area (Å²) in [6, 6.07) is 0. The van der Waals surface area contributed by atoms with E-state index in [1.165, 1.54) is 0 Å². The van der Waals surface area contributed by atoms with Crippen LogP contribution in [0.2, 0.25) is 0 Å². The van der Waals surface area contributed by atoms with Crippen molar-refractivity contribution in [2.45, 2.75) is 34.1 Å². The third-order valence-electron chi connectivity index (χ3n) is 3.09. The fraction of sp³-hybridized carbons (Fsp3) is 0.700. The summed E-state index contributed by atoms with van der Waals surface area (Å²) in [7, 11) is 0. The summed E-state index contributed by atoms with van der Waals surface area (Å²) in [6.07, 6.45) is 0.766. The van der Waals surface area contributed by atoms with Gasteiger partial charge in [-0.2, -0.15) is 0 Å². The van der Waals surface area contributed by atoms with Gasteiger partial charge in [0.25, 0.3) is 0 Å². The van der Waals surface area contributed by atoms with E-state index in [0.717, 1.165) is 12.0 Å². The van der Waals surface area contributed by atoms with Crippen molar-refractivity contribution in [3.8, 4) is 0 Å². The highest BCUT2D eigenvalue weighted by atomic mass is 16.3. The Morgan fingerprint density at radius 2 is 2.00 bits per heavy atom. The molecule has 1 N–H and O–H groups in total. The van der Waals surface area contributed by atoms with E-state index in [9.17, 15) is 9.90 Å². The van der Waals surface area contributed by atoms with E-state index in [1.807, 2.05) is 27.7 Å². The maximum Gasteiger partial charge on any atom is 0.203 e. The Balaban J connectivity index is 3.11. The number of Topliss-reactive ketones (excluding diaryl/α,β-unsaturated/α-hetero) is 1. The molecule has 0 radical (unpaired) electrons. The zero-order valence-electron chi connectivity index (χ0n) is 8.14. The van der Waals surface area contributed by atoms with Gasteiger partial charge in [0.1, 0.15) is 0 Å². The third-order valence-corrected chi connectivity index (χ3v) is 3.09. The summed E-state index contributed by atoms with van der Waals surface area (Å²) in [4.78, 5) is 11.5. The highest BCUT2D eigenvalue weighted by Gasteiger charge is 2.45. The fourth-order valence-electron chi connectivity index (χ4n) is 1.76. The average molecular weight is 168 g/mol. The van der Waals surface area contributed by atoms with Crippen LogP contribution in [0.25, 0.3) is 0 Å². The zero-order valence-corrected chi connectivity index (χ0v) is 8.14. The van der Waals surface area contributed by atoms with Crippen molar-refractivity contribution in [2.24, 2.45) is 11.3 Å². The second kappa shape index (κ2) is 2.61. The van der Waals surface area contributed by atoms with Crippen LogP contribution in [-0.2, 0) is 4.79 Å². The monoisotopic (exact) mass is 168 g/mol. The molecule has 0 saturated carbocycles. The second-order valence-corrected chi connectivity index (χ2v) is 4.00. The number of carbonyl (C=O) groups is 1. The Hall–Kier alpha value is -0.790. The molecule has 0 bridgehead atoms. The molecule has 1 rings (SSSR count). The van der Waals surface area contributed by atoms with E-state index in [2.05, 4.69) is 0 Å². The molecule has 1 aliphatic carbocycles. The van der Waals surface area contributed by atoms with Gasteiger partial charge in [-0.05, 0) is 17.9 Å². The number of aliphatic hydroxyl groups excluding tert-OH is 1. The van der Waals surface area contributed by atoms with Crippen LogP contribution in [0.5, 0.6) is 0 Å². The van der Waals surface area contributed by atoms with E-state index >= 15 is 0 Å². The van der Waals surface area contributed by atoms with Crippen molar-refractivity contribution in [1.82, 2.24) is 0 Å². The standard InChI is InChI=1S/C10H16O2/c1-5-7-6(2)10(3,4)9(12)8(7)11/h6,11H,5H2,1-4H3. The molecule has 0 aromatic carbocycles. The summed E-state index contributed by atoms with van der Waals surface area (Å²) in [5.41, 5.74) is 0.500. The number of carbonyl (C=O) groups excluding carboxylic acids is 1. The maximum absolute atomic E-state index is 11.5. The third kappa shape index (κ3) is 0.977. The fourth-order valence-corrected chi connectivity index (χ4v) is 1.76. The van der Waals surface area contributed by atoms with Crippen molar-refractivity contribution in [3.63, 3.8) is 0 Å². The lowest BCUT2D eigenvalue weighted by molar-refractivity contribution is -0.125. The Morgan fingerprint density at radius 3 is 2.17 bits per heavy atom. The molecule has 0 aliphatic heterocycles. The van der Waals surface area contributed by atoms with Gasteiger partial charge < -0.3 is 5.11 Å². The summed E-state index contributed by atoms with van der Waals surface area (Å²) < 4.78 is 0. The summed E-state index contributed by atoms with van der Waals surface area (Å²) in [6.45, 7) is 7.74. The van der Waals surface area contributed by atoms with Gasteiger partial charge in [0, 0.05) is 5.41 Å². The van der Waals surface area contributed by atoms with Crippen LogP contribution < -0.4 is 0 Å². The van der Waals surface area contributed by atoms with E-state index in [4.69, 9.17) is 0 Å². The van der Waals surface area contributed by atoms with Gasteiger partial charge in [-0.3, -0.25) is 4.79 Å². The Morgan fingerprint density at radius 1 is 1.50 bits per heavy atom. The molecule has 0 fully saturated rings. The Bertz CT molecular complexity index is 249. The first-order valence-corrected chi connectivity index (χ1v) is 4.39. The summed E-state index contributed by atoms with van der Waals surface area (Å²) >= 11 is 0. The normalized spacial score (nSPS) is 28.3. The Labute approximate surface area is 73.3 Å². The summed E-state index contributed by atoms with van der Waals surface area (Å²) in [5, 5.41) is 9.49. The van der Waals surface area contributed by atoms with Crippen LogP contribution in [0.1, 0.15) is 34.1 Å². The molecule has 0 aromatic rings. The van der Waals surface area contributed by atoms with Crippen LogP contribution in [0.15, 0.2) is 11.3 Å². The molecule has 0 amide bonds. The first-order chi connectivity index (χ1) is 5.42. The first-order valence-electron chi connectivity index (χ1n) is 4.39. The van der Waals surface area contributed by atoms with Gasteiger partial charge >= 0.3 is 0 Å². The number of rotatable bonds is 1. The van der Waals surface area contributed by atoms with Gasteiger partial charge in [0.15, 0.2) is 5.76 Å². The summed E-state index contributed by atoms with van der Waals surface area (Å²) in [5.74, 6) is 0.0804. The van der Waals surface area contributed by atoms with Crippen LogP contribution in [-0.4, -0.2) is 10.9 Å². The minimum absolute atomic E-state index is 0.00926. The van der Waals surface area contributed by atoms with Crippen molar-refractivity contribution in [2.75, 3.05) is 0 Å². The molecule has 0 aromatic heterocycles. The van der Waals surface area contributed by atoms with Crippen LogP contribution in [0, 0.1) is 11.3 Å². The van der Waals surface area contributed by atoms with E-state index in [-0.39, 0.29) is 17.5 Å². The molecule has 1 atom stereocenters. The predicted octanol–water partition coefficient (Wildman–Crippen LogP) is 2.45. The molecule has 1 aliphatic rings. The number of allylic oxidation sites excluding steroid dienone is 2. The molecule has 68 valence electrons. The van der Waals surface area contributed by atoms with Gasteiger partial charge in [-0.25, -0.2) is 0 Å². The molecule has 12 heavy (non-hydrogen) atoms. The lowest BCUT2D eigenvalue weighted by Gasteiger charge is -2.22. The molecule has 1 unspecified atom stereocenters. The second-order valence-electron chi connectivity index (χ2n) is 4.00. The van der Waals surface area contributed by atoms with E-state index in [1.54, 1.807) is 0 Å². The lowest BCUT2D eigenvalue weighted by atomic mass is 9.79. The highest BCUT2D eigenvalue weighted by Crippen LogP contribution is 2.43. The van der Waals surface area contributed by atoms with Gasteiger partial charge in [-0.1, -0.05) is 27.7 Å². The van der Waals surface area contributed by atoms with Crippen LogP contribution in [0.3, 0.4) is 0 Å². The molecule has 0 saturated heterocycles. The van der Waals surface area contributed by atoms with Gasteiger partial charge in [0.05, 0.1) is 0 Å². The molecule has 2 nitrogen and oxygen atoms in total. The van der Waals surface area contributed by atoms with Crippen molar-refractivity contribution >= 4 is 5.78 Å². The number of aliphatic hydroxyl groups is 1. The molecule has 2 heteroatoms. The van der Waals surface area contributed by atoms with Crippen molar-refractivity contribution in [1.29, 1.82) is 0 Å². The minimum Gasteiger partial charge on any atom is -0.504 e. The number of hydrogen-bond donors (Lipinski definition) is 1. The minimum atomic E-state index is -0.407. The molecule has 0 heterocycles. The average Bonchev–Trinajstić information content (AvgIpc) is 2.15.